The molecule has 128 valence electrons. The highest BCUT2D eigenvalue weighted by Gasteiger charge is 2.37. The molecule has 1 N–H and O–H groups in total. The van der Waals surface area contributed by atoms with Crippen LogP contribution in [0.2, 0.25) is 0 Å². The third-order valence-electron chi connectivity index (χ3n) is 4.02. The van der Waals surface area contributed by atoms with Gasteiger partial charge in [-0.15, -0.1) is 0 Å². The van der Waals surface area contributed by atoms with Crippen LogP contribution in [-0.4, -0.2) is 45.3 Å². The van der Waals surface area contributed by atoms with Crippen LogP contribution < -0.4 is 5.56 Å². The Morgan fingerprint density at radius 1 is 1.35 bits per heavy atom. The molecule has 2 heterocycles. The number of rotatable bonds is 3. The third kappa shape index (κ3) is 3.17. The van der Waals surface area contributed by atoms with Gasteiger partial charge in [0.05, 0.1) is 5.56 Å². The molecule has 1 saturated heterocycles. The molecule has 0 spiro atoms. The maximum Gasteiger partial charge on any atom is 0.433 e. The summed E-state index contributed by atoms with van der Waals surface area (Å²) in [4.78, 5) is 16.0. The highest BCUT2D eigenvalue weighted by molar-refractivity contribution is 5.51. The van der Waals surface area contributed by atoms with Crippen molar-refractivity contribution in [3.63, 3.8) is 0 Å². The molecule has 0 amide bonds. The Bertz CT molecular complexity index is 695. The first-order valence-corrected chi connectivity index (χ1v) is 7.55. The molecule has 0 saturated carbocycles. The molecule has 2 rings (SSSR count). The van der Waals surface area contributed by atoms with Crippen molar-refractivity contribution < 1.29 is 13.2 Å². The predicted octanol–water partition coefficient (Wildman–Crippen LogP) is 2.23. The highest BCUT2D eigenvalue weighted by atomic mass is 19.4. The van der Waals surface area contributed by atoms with Gasteiger partial charge in [0.15, 0.2) is 0 Å². The van der Waals surface area contributed by atoms with E-state index < -0.39 is 23.0 Å². The number of nitrogens with zero attached hydrogens (tertiary/aromatic N) is 3. The van der Waals surface area contributed by atoms with Crippen LogP contribution in [-0.2, 0) is 13.2 Å². The molecule has 0 radical (unpaired) electrons. The number of H-pyrrole nitrogens is 1. The van der Waals surface area contributed by atoms with E-state index in [1.165, 1.54) is 7.05 Å². The van der Waals surface area contributed by atoms with Crippen molar-refractivity contribution in [1.29, 1.82) is 0 Å². The van der Waals surface area contributed by atoms with Crippen LogP contribution >= 0.6 is 0 Å². The minimum Gasteiger partial charge on any atom is -0.350 e. The number of aromatic nitrogens is 2. The summed E-state index contributed by atoms with van der Waals surface area (Å²) in [5.74, 6) is 0.721. The molecule has 8 heteroatoms. The minimum atomic E-state index is -4.61. The van der Waals surface area contributed by atoms with Crippen molar-refractivity contribution in [2.24, 2.45) is 7.05 Å². The summed E-state index contributed by atoms with van der Waals surface area (Å²) in [7, 11) is 1.26. The zero-order valence-corrected chi connectivity index (χ0v) is 13.7. The van der Waals surface area contributed by atoms with Gasteiger partial charge in [0.1, 0.15) is 11.5 Å². The molecule has 1 aromatic rings. The van der Waals surface area contributed by atoms with Crippen LogP contribution in [0.25, 0.3) is 6.08 Å². The molecule has 23 heavy (non-hydrogen) atoms. The average Bonchev–Trinajstić information content (AvgIpc) is 2.94. The van der Waals surface area contributed by atoms with E-state index in [1.54, 1.807) is 0 Å². The lowest BCUT2D eigenvalue weighted by atomic mass is 10.2. The first-order valence-electron chi connectivity index (χ1n) is 7.55. The van der Waals surface area contributed by atoms with Crippen molar-refractivity contribution >= 4 is 6.08 Å². The highest BCUT2D eigenvalue weighted by Crippen LogP contribution is 2.30. The fourth-order valence-electron chi connectivity index (χ4n) is 2.86. The molecule has 5 nitrogen and oxygen atoms in total. The summed E-state index contributed by atoms with van der Waals surface area (Å²) >= 11 is 0. The van der Waals surface area contributed by atoms with Gasteiger partial charge in [-0.2, -0.15) is 13.2 Å². The molecule has 0 aromatic carbocycles. The topological polar surface area (TPSA) is 44.3 Å². The largest absolute Gasteiger partial charge is 0.433 e. The average molecular weight is 330 g/mol. The van der Waals surface area contributed by atoms with Crippen molar-refractivity contribution in [3.05, 3.63) is 33.2 Å². The van der Waals surface area contributed by atoms with E-state index in [-0.39, 0.29) is 6.04 Å². The first kappa shape index (κ1) is 17.3. The van der Waals surface area contributed by atoms with Crippen molar-refractivity contribution in [3.8, 4) is 0 Å². The van der Waals surface area contributed by atoms with E-state index in [1.807, 2.05) is 18.7 Å². The quantitative estimate of drug-likeness (QED) is 0.865. The van der Waals surface area contributed by atoms with Crippen LogP contribution in [0.15, 0.2) is 16.3 Å². The molecular weight excluding hydrogens is 309 g/mol. The number of halogens is 3. The fourth-order valence-corrected chi connectivity index (χ4v) is 2.86. The van der Waals surface area contributed by atoms with E-state index in [4.69, 9.17) is 0 Å². The standard InChI is InChI=1S/C15H21F3N4O/c1-5-21-9-10(3)22(6-2)12(21)8-7-11-13(15(16,17)18)19-20(4)14(11)23/h7,10,19H,5-6,9H2,1-4H3. The molecular formula is C15H21F3N4O. The van der Waals surface area contributed by atoms with E-state index in [0.717, 1.165) is 36.2 Å². The van der Waals surface area contributed by atoms with Gasteiger partial charge in [0, 0.05) is 32.7 Å². The summed E-state index contributed by atoms with van der Waals surface area (Å²) in [6, 6.07) is 0.256. The van der Waals surface area contributed by atoms with Gasteiger partial charge in [-0.1, -0.05) is 5.73 Å². The van der Waals surface area contributed by atoms with Gasteiger partial charge in [0.2, 0.25) is 0 Å². The van der Waals surface area contributed by atoms with E-state index in [0.29, 0.717) is 0 Å². The van der Waals surface area contributed by atoms with Crippen LogP contribution in [0, 0.1) is 0 Å². The Kier molecular flexibility index (Phi) is 4.66. The van der Waals surface area contributed by atoms with Crippen LogP contribution in [0.1, 0.15) is 32.0 Å². The molecule has 1 aromatic heterocycles. The molecule has 1 fully saturated rings. The number of aromatic amines is 1. The lowest BCUT2D eigenvalue weighted by molar-refractivity contribution is -0.141. The zero-order valence-electron chi connectivity index (χ0n) is 13.7. The first-order chi connectivity index (χ1) is 10.7. The number of alkyl halides is 3. The number of hydrogen-bond acceptors (Lipinski definition) is 3. The maximum absolute atomic E-state index is 13.0. The summed E-state index contributed by atoms with van der Waals surface area (Å²) in [5.41, 5.74) is 0.724. The molecule has 1 atom stereocenters. The van der Waals surface area contributed by atoms with E-state index in [2.05, 4.69) is 22.7 Å². The molecule has 1 aliphatic heterocycles. The number of aryl methyl sites for hydroxylation is 1. The van der Waals surface area contributed by atoms with Gasteiger partial charge in [-0.3, -0.25) is 14.6 Å². The van der Waals surface area contributed by atoms with E-state index >= 15 is 0 Å². The van der Waals surface area contributed by atoms with Crippen LogP contribution in [0.3, 0.4) is 0 Å². The number of likely N-dealkylation sites (N-methyl/N-ethyl adjacent to an activating group) is 2. The second-order valence-corrected chi connectivity index (χ2v) is 5.55. The smallest absolute Gasteiger partial charge is 0.350 e. The normalized spacial score (nSPS) is 18.6. The molecule has 0 bridgehead atoms. The van der Waals surface area contributed by atoms with Crippen molar-refractivity contribution in [1.82, 2.24) is 19.6 Å². The lowest BCUT2D eigenvalue weighted by Crippen LogP contribution is -2.26. The van der Waals surface area contributed by atoms with Gasteiger partial charge < -0.3 is 9.80 Å². The van der Waals surface area contributed by atoms with Gasteiger partial charge in [0.25, 0.3) is 5.56 Å². The Morgan fingerprint density at radius 2 is 2.00 bits per heavy atom. The zero-order chi connectivity index (χ0) is 17.4. The Morgan fingerprint density at radius 3 is 2.52 bits per heavy atom. The minimum absolute atomic E-state index is 0.256. The van der Waals surface area contributed by atoms with Crippen molar-refractivity contribution in [2.75, 3.05) is 19.6 Å². The van der Waals surface area contributed by atoms with Gasteiger partial charge >= 0.3 is 6.18 Å². The Hall–Kier alpha value is -2.08. The summed E-state index contributed by atoms with van der Waals surface area (Å²) < 4.78 is 39.9. The van der Waals surface area contributed by atoms with Crippen LogP contribution in [0.4, 0.5) is 13.2 Å². The van der Waals surface area contributed by atoms with Crippen LogP contribution in [0.5, 0.6) is 0 Å². The number of nitrogens with one attached hydrogen (secondary N) is 1. The molecule has 1 unspecified atom stereocenters. The lowest BCUT2D eigenvalue weighted by Gasteiger charge is -2.22. The Labute approximate surface area is 132 Å². The second-order valence-electron chi connectivity index (χ2n) is 5.55. The second kappa shape index (κ2) is 6.20. The molecule has 1 aliphatic rings. The summed E-state index contributed by atoms with van der Waals surface area (Å²) in [6.07, 6.45) is -3.48. The monoisotopic (exact) mass is 330 g/mol. The van der Waals surface area contributed by atoms with E-state index in [9.17, 15) is 18.0 Å². The van der Waals surface area contributed by atoms with Gasteiger partial charge in [-0.05, 0) is 26.8 Å². The summed E-state index contributed by atoms with van der Waals surface area (Å²) in [6.45, 7) is 8.26. The maximum atomic E-state index is 13.0. The fraction of sp³-hybridized carbons (Fsp3) is 0.600. The summed E-state index contributed by atoms with van der Waals surface area (Å²) in [5, 5.41) is 2.06. The van der Waals surface area contributed by atoms with Gasteiger partial charge in [-0.25, -0.2) is 0 Å². The Balaban J connectivity index is 2.56. The number of hydrogen-bond donors (Lipinski definition) is 1. The third-order valence-corrected chi connectivity index (χ3v) is 4.02. The SMILES string of the molecule is CCN1CC(C)N(CC)C1=C=Cc1c(C(F)(F)F)[nH]n(C)c1=O. The predicted molar refractivity (Wildman–Crippen MR) is 81.6 cm³/mol. The van der Waals surface area contributed by atoms with Crippen molar-refractivity contribution in [2.45, 2.75) is 33.0 Å². The molecule has 0 aliphatic carbocycles.